The monoisotopic (exact) mass is 409 g/mol. The highest BCUT2D eigenvalue weighted by Crippen LogP contribution is 2.58. The molecule has 1 heteroatoms. The van der Waals surface area contributed by atoms with Crippen molar-refractivity contribution < 1.29 is 0 Å². The molecule has 0 saturated heterocycles. The van der Waals surface area contributed by atoms with Gasteiger partial charge in [-0.15, -0.1) is 0 Å². The van der Waals surface area contributed by atoms with Crippen LogP contribution in [0.25, 0.3) is 10.8 Å². The Bertz CT molecular complexity index is 1570. The third-order valence-corrected chi connectivity index (χ3v) is 8.29. The summed E-state index contributed by atoms with van der Waals surface area (Å²) in [6, 6.07) is 22.7. The van der Waals surface area contributed by atoms with E-state index in [-0.39, 0.29) is 5.92 Å². The predicted octanol–water partition coefficient (Wildman–Crippen LogP) is 7.38. The second-order valence-corrected chi connectivity index (χ2v) is 9.96. The fourth-order valence-electron chi connectivity index (χ4n) is 7.19. The van der Waals surface area contributed by atoms with Gasteiger partial charge >= 0.3 is 0 Å². The fraction of sp³-hybridized carbons (Fsp3) is 0.194. The van der Waals surface area contributed by atoms with Crippen LogP contribution in [0, 0.1) is 13.8 Å². The first kappa shape index (κ1) is 17.1. The summed E-state index contributed by atoms with van der Waals surface area (Å²) in [5.74, 6) is 0.915. The molecule has 3 atom stereocenters. The molecule has 3 unspecified atom stereocenters. The van der Waals surface area contributed by atoms with E-state index in [1.165, 1.54) is 66.7 Å². The first-order chi connectivity index (χ1) is 15.7. The predicted molar refractivity (Wildman–Crippen MR) is 132 cm³/mol. The summed E-state index contributed by atoms with van der Waals surface area (Å²) in [4.78, 5) is 5.29. The Kier molecular flexibility index (Phi) is 3.04. The number of rotatable bonds is 1. The topological polar surface area (TPSA) is 12.4 Å². The lowest BCUT2D eigenvalue weighted by molar-refractivity contribution is 0.875. The van der Waals surface area contributed by atoms with Gasteiger partial charge in [0.15, 0.2) is 0 Å². The van der Waals surface area contributed by atoms with Crippen molar-refractivity contribution in [1.82, 2.24) is 0 Å². The number of aliphatic imine (C=N–C) groups is 1. The average Bonchev–Trinajstić information content (AvgIpc) is 3.20. The Balaban J connectivity index is 1.55. The van der Waals surface area contributed by atoms with Crippen LogP contribution in [0.4, 0.5) is 5.69 Å². The van der Waals surface area contributed by atoms with Crippen molar-refractivity contribution >= 4 is 22.2 Å². The van der Waals surface area contributed by atoms with Crippen LogP contribution in [0.3, 0.4) is 0 Å². The van der Waals surface area contributed by atoms with E-state index < -0.39 is 0 Å². The molecule has 1 nitrogen and oxygen atoms in total. The molecule has 152 valence electrons. The van der Waals surface area contributed by atoms with E-state index in [1.807, 2.05) is 0 Å². The molecule has 0 fully saturated rings. The van der Waals surface area contributed by atoms with Gasteiger partial charge in [-0.05, 0) is 87.2 Å². The summed E-state index contributed by atoms with van der Waals surface area (Å²) in [5, 5.41) is 3.01. The standard InChI is InChI=1S/C31H23N/c1-16-13-20-15-19-9-6-10-24-26(19)30-27(20)29-25(16)17(2)14-23-21(18-7-4-3-5-8-18)11-12-22(28(23)29)31(30)32-24/h3-14,21-22,30H,15H2,1-2H3. The molecule has 1 heterocycles. The lowest BCUT2D eigenvalue weighted by Crippen LogP contribution is -2.30. The Hall–Kier alpha value is -3.45. The van der Waals surface area contributed by atoms with Gasteiger partial charge in [0.05, 0.1) is 11.6 Å². The van der Waals surface area contributed by atoms with Crippen LogP contribution >= 0.6 is 0 Å². The number of fused-ring (bicyclic) bond motifs is 1. The molecule has 3 aliphatic carbocycles. The van der Waals surface area contributed by atoms with Gasteiger partial charge in [0.1, 0.15) is 0 Å². The largest absolute Gasteiger partial charge is 0.256 e. The maximum absolute atomic E-state index is 5.29. The zero-order valence-corrected chi connectivity index (χ0v) is 18.3. The zero-order chi connectivity index (χ0) is 21.1. The van der Waals surface area contributed by atoms with Crippen LogP contribution in [0.2, 0.25) is 0 Å². The molecule has 0 amide bonds. The molecule has 32 heavy (non-hydrogen) atoms. The first-order valence-corrected chi connectivity index (χ1v) is 11.7. The van der Waals surface area contributed by atoms with Gasteiger partial charge in [0.2, 0.25) is 0 Å². The zero-order valence-electron chi connectivity index (χ0n) is 18.3. The summed E-state index contributed by atoms with van der Waals surface area (Å²) in [7, 11) is 0. The smallest absolute Gasteiger partial charge is 0.0674 e. The maximum Gasteiger partial charge on any atom is 0.0674 e. The molecule has 0 bridgehead atoms. The fourth-order valence-corrected chi connectivity index (χ4v) is 7.19. The Morgan fingerprint density at radius 2 is 1.53 bits per heavy atom. The van der Waals surface area contributed by atoms with E-state index in [9.17, 15) is 0 Å². The first-order valence-electron chi connectivity index (χ1n) is 11.7. The lowest BCUT2D eigenvalue weighted by Gasteiger charge is -2.40. The molecule has 0 radical (unpaired) electrons. The Morgan fingerprint density at radius 3 is 2.41 bits per heavy atom. The number of hydrogen-bond acceptors (Lipinski definition) is 1. The number of allylic oxidation sites excluding steroid dienone is 2. The summed E-state index contributed by atoms with van der Waals surface area (Å²) in [5.41, 5.74) is 15.8. The van der Waals surface area contributed by atoms with E-state index >= 15 is 0 Å². The normalized spacial score (nSPS) is 22.9. The lowest BCUT2D eigenvalue weighted by atomic mass is 9.62. The summed E-state index contributed by atoms with van der Waals surface area (Å²) < 4.78 is 0. The molecular weight excluding hydrogens is 386 g/mol. The van der Waals surface area contributed by atoms with Gasteiger partial charge in [0, 0.05) is 17.5 Å². The maximum atomic E-state index is 5.29. The number of hydrogen-bond donors (Lipinski definition) is 0. The van der Waals surface area contributed by atoms with E-state index in [0.29, 0.717) is 11.8 Å². The Labute approximate surface area is 188 Å². The van der Waals surface area contributed by atoms with Gasteiger partial charge < -0.3 is 0 Å². The van der Waals surface area contributed by atoms with Crippen molar-refractivity contribution in [2.45, 2.75) is 38.0 Å². The van der Waals surface area contributed by atoms with Crippen molar-refractivity contribution in [2.24, 2.45) is 4.99 Å². The van der Waals surface area contributed by atoms with Crippen molar-refractivity contribution in [3.63, 3.8) is 0 Å². The second-order valence-electron chi connectivity index (χ2n) is 9.96. The number of nitrogens with zero attached hydrogens (tertiary/aromatic N) is 1. The third-order valence-electron chi connectivity index (χ3n) is 8.29. The second kappa shape index (κ2) is 5.66. The van der Waals surface area contributed by atoms with Crippen LogP contribution in [0.1, 0.15) is 67.8 Å². The van der Waals surface area contributed by atoms with E-state index in [4.69, 9.17) is 4.99 Å². The minimum Gasteiger partial charge on any atom is -0.256 e. The van der Waals surface area contributed by atoms with Crippen LogP contribution < -0.4 is 0 Å². The highest BCUT2D eigenvalue weighted by Gasteiger charge is 2.46. The van der Waals surface area contributed by atoms with Crippen molar-refractivity contribution in [3.05, 3.63) is 123 Å². The third kappa shape index (κ3) is 1.90. The van der Waals surface area contributed by atoms with Crippen LogP contribution in [-0.4, -0.2) is 5.71 Å². The average molecular weight is 410 g/mol. The van der Waals surface area contributed by atoms with Gasteiger partial charge in [-0.1, -0.05) is 66.7 Å². The molecule has 4 aromatic carbocycles. The van der Waals surface area contributed by atoms with E-state index in [1.54, 1.807) is 5.56 Å². The molecule has 4 aromatic rings. The summed E-state index contributed by atoms with van der Waals surface area (Å²) in [6.07, 6.45) is 5.92. The summed E-state index contributed by atoms with van der Waals surface area (Å²) >= 11 is 0. The van der Waals surface area contributed by atoms with Crippen LogP contribution in [0.15, 0.2) is 77.8 Å². The van der Waals surface area contributed by atoms with E-state index in [0.717, 1.165) is 6.42 Å². The minimum absolute atomic E-state index is 0.276. The number of benzene rings is 4. The highest BCUT2D eigenvalue weighted by atomic mass is 14.8. The van der Waals surface area contributed by atoms with E-state index in [2.05, 4.69) is 86.7 Å². The van der Waals surface area contributed by atoms with Gasteiger partial charge in [-0.3, -0.25) is 4.99 Å². The van der Waals surface area contributed by atoms with Gasteiger partial charge in [0.25, 0.3) is 0 Å². The molecule has 0 saturated carbocycles. The molecule has 0 spiro atoms. The van der Waals surface area contributed by atoms with Gasteiger partial charge in [-0.25, -0.2) is 0 Å². The van der Waals surface area contributed by atoms with Crippen molar-refractivity contribution in [1.29, 1.82) is 0 Å². The number of aryl methyl sites for hydroxylation is 2. The molecular formula is C31H23N. The minimum atomic E-state index is 0.276. The molecule has 0 N–H and O–H groups in total. The van der Waals surface area contributed by atoms with Crippen LogP contribution in [0.5, 0.6) is 0 Å². The Morgan fingerprint density at radius 1 is 0.719 bits per heavy atom. The van der Waals surface area contributed by atoms with Gasteiger partial charge in [-0.2, -0.15) is 0 Å². The molecule has 4 aliphatic rings. The highest BCUT2D eigenvalue weighted by molar-refractivity contribution is 6.16. The molecule has 8 rings (SSSR count). The van der Waals surface area contributed by atoms with Crippen molar-refractivity contribution in [2.75, 3.05) is 0 Å². The SMILES string of the molecule is Cc1cc2c3c4c5c(cc(C)c14)C(c1ccccc1)C=CC5C1=Nc4cccc(c4C13)C2. The van der Waals surface area contributed by atoms with Crippen molar-refractivity contribution in [3.8, 4) is 0 Å². The molecule has 1 aliphatic heterocycles. The molecule has 0 aromatic heterocycles. The van der Waals surface area contributed by atoms with Crippen LogP contribution in [-0.2, 0) is 6.42 Å². The quantitative estimate of drug-likeness (QED) is 0.291. The summed E-state index contributed by atoms with van der Waals surface area (Å²) in [6.45, 7) is 4.62.